The molecule has 1 saturated heterocycles. The van der Waals surface area contributed by atoms with Crippen LogP contribution in [0.15, 0.2) is 36.0 Å². The summed E-state index contributed by atoms with van der Waals surface area (Å²) in [6.45, 7) is 1.04. The zero-order valence-corrected chi connectivity index (χ0v) is 15.6. The maximum Gasteiger partial charge on any atom is 0.270 e. The van der Waals surface area contributed by atoms with Crippen LogP contribution in [0, 0.1) is 10.1 Å². The number of aliphatic hydroxyl groups is 1. The monoisotopic (exact) mass is 384 g/mol. The fourth-order valence-corrected chi connectivity index (χ4v) is 4.72. The highest BCUT2D eigenvalue weighted by atomic mass is 32.1. The molecular formula is C19H20N4O3S. The van der Waals surface area contributed by atoms with Gasteiger partial charge in [0.1, 0.15) is 17.0 Å². The van der Waals surface area contributed by atoms with E-state index in [-0.39, 0.29) is 23.3 Å². The highest BCUT2D eigenvalue weighted by Crippen LogP contribution is 2.40. The first-order valence-electron chi connectivity index (χ1n) is 9.03. The number of nitrogens with zero attached hydrogens (tertiary/aromatic N) is 4. The Labute approximate surface area is 160 Å². The van der Waals surface area contributed by atoms with E-state index < -0.39 is 0 Å². The lowest BCUT2D eigenvalue weighted by Gasteiger charge is -2.37. The predicted molar refractivity (Wildman–Crippen MR) is 106 cm³/mol. The van der Waals surface area contributed by atoms with E-state index in [0.717, 1.165) is 53.0 Å². The highest BCUT2D eigenvalue weighted by Gasteiger charge is 2.26. The van der Waals surface area contributed by atoms with Crippen LogP contribution >= 0.6 is 11.3 Å². The van der Waals surface area contributed by atoms with E-state index in [1.165, 1.54) is 17.4 Å². The van der Waals surface area contributed by atoms with E-state index in [9.17, 15) is 15.2 Å². The van der Waals surface area contributed by atoms with Crippen molar-refractivity contribution in [3.05, 3.63) is 46.1 Å². The van der Waals surface area contributed by atoms with Crippen LogP contribution in [0.5, 0.6) is 0 Å². The van der Waals surface area contributed by atoms with Gasteiger partial charge in [0.25, 0.3) is 5.69 Å². The zero-order valence-electron chi connectivity index (χ0n) is 14.7. The number of nitro groups is 1. The van der Waals surface area contributed by atoms with Gasteiger partial charge >= 0.3 is 0 Å². The van der Waals surface area contributed by atoms with E-state index in [1.54, 1.807) is 18.5 Å². The number of thiophene rings is 1. The molecule has 1 aliphatic rings. The molecule has 8 heteroatoms. The Morgan fingerprint density at radius 3 is 3.04 bits per heavy atom. The zero-order chi connectivity index (χ0) is 18.8. The van der Waals surface area contributed by atoms with Crippen molar-refractivity contribution in [3.63, 3.8) is 0 Å². The smallest absolute Gasteiger partial charge is 0.270 e. The van der Waals surface area contributed by atoms with Crippen LogP contribution in [0.25, 0.3) is 21.3 Å². The summed E-state index contributed by atoms with van der Waals surface area (Å²) >= 11 is 1.52. The average molecular weight is 384 g/mol. The molecular weight excluding hydrogens is 364 g/mol. The molecule has 0 bridgehead atoms. The molecule has 1 atom stereocenters. The molecule has 3 heterocycles. The standard InChI is InChI=1S/C19H20N4O3S/c24-9-7-14-5-1-2-8-22(14)18-17-16(11-27-19(17)21-12-20-18)13-4-3-6-15(10-13)23(25)26/h3-4,6,10-12,14,24H,1-2,5,7-9H2. The van der Waals surface area contributed by atoms with Crippen molar-refractivity contribution >= 4 is 33.1 Å². The van der Waals surface area contributed by atoms with Gasteiger partial charge in [0.2, 0.25) is 0 Å². The summed E-state index contributed by atoms with van der Waals surface area (Å²) in [7, 11) is 0. The third-order valence-corrected chi connectivity index (χ3v) is 5.97. The number of hydrogen-bond acceptors (Lipinski definition) is 7. The van der Waals surface area contributed by atoms with E-state index in [4.69, 9.17) is 0 Å². The number of aliphatic hydroxyl groups excluding tert-OH is 1. The lowest BCUT2D eigenvalue weighted by molar-refractivity contribution is -0.384. The molecule has 27 heavy (non-hydrogen) atoms. The third kappa shape index (κ3) is 3.38. The minimum atomic E-state index is -0.378. The summed E-state index contributed by atoms with van der Waals surface area (Å²) in [6.07, 6.45) is 5.56. The van der Waals surface area contributed by atoms with Gasteiger partial charge in [-0.15, -0.1) is 11.3 Å². The maximum absolute atomic E-state index is 11.2. The van der Waals surface area contributed by atoms with Crippen LogP contribution in [0.2, 0.25) is 0 Å². The number of fused-ring (bicyclic) bond motifs is 1. The Morgan fingerprint density at radius 1 is 1.33 bits per heavy atom. The van der Waals surface area contributed by atoms with Gasteiger partial charge in [-0.05, 0) is 31.2 Å². The van der Waals surface area contributed by atoms with Gasteiger partial charge in [0.15, 0.2) is 0 Å². The average Bonchev–Trinajstić information content (AvgIpc) is 3.13. The van der Waals surface area contributed by atoms with Crippen LogP contribution in [0.1, 0.15) is 25.7 Å². The van der Waals surface area contributed by atoms with Crippen LogP contribution in [-0.4, -0.2) is 39.2 Å². The van der Waals surface area contributed by atoms with Crippen molar-refractivity contribution in [2.75, 3.05) is 18.1 Å². The molecule has 0 radical (unpaired) electrons. The number of hydrogen-bond donors (Lipinski definition) is 1. The molecule has 1 fully saturated rings. The van der Waals surface area contributed by atoms with Gasteiger partial charge in [0.05, 0.1) is 10.3 Å². The Kier molecular flexibility index (Phi) is 5.00. The number of piperidine rings is 1. The molecule has 2 aromatic heterocycles. The second-order valence-corrected chi connectivity index (χ2v) is 7.55. The quantitative estimate of drug-likeness (QED) is 0.528. The summed E-state index contributed by atoms with van der Waals surface area (Å²) in [4.78, 5) is 22.9. The summed E-state index contributed by atoms with van der Waals surface area (Å²) in [6, 6.07) is 6.93. The van der Waals surface area contributed by atoms with Gasteiger partial charge in [-0.25, -0.2) is 9.97 Å². The highest BCUT2D eigenvalue weighted by molar-refractivity contribution is 7.17. The normalized spacial score (nSPS) is 17.4. The van der Waals surface area contributed by atoms with Crippen LogP contribution in [0.3, 0.4) is 0 Å². The number of non-ortho nitro benzene ring substituents is 1. The van der Waals surface area contributed by atoms with Crippen molar-refractivity contribution in [2.24, 2.45) is 0 Å². The Hall–Kier alpha value is -2.58. The van der Waals surface area contributed by atoms with E-state index in [0.29, 0.717) is 6.42 Å². The minimum absolute atomic E-state index is 0.0707. The maximum atomic E-state index is 11.2. The Balaban J connectivity index is 1.85. The van der Waals surface area contributed by atoms with E-state index >= 15 is 0 Å². The van der Waals surface area contributed by atoms with Crippen molar-refractivity contribution in [1.82, 2.24) is 9.97 Å². The first-order valence-corrected chi connectivity index (χ1v) is 9.91. The fraction of sp³-hybridized carbons (Fsp3) is 0.368. The molecule has 0 spiro atoms. The van der Waals surface area contributed by atoms with Gasteiger partial charge in [-0.1, -0.05) is 12.1 Å². The number of nitro benzene ring substituents is 1. The first kappa shape index (κ1) is 17.8. The molecule has 1 N–H and O–H groups in total. The van der Waals surface area contributed by atoms with Gasteiger partial charge in [-0.2, -0.15) is 0 Å². The van der Waals surface area contributed by atoms with E-state index in [2.05, 4.69) is 14.9 Å². The summed E-state index contributed by atoms with van der Waals surface area (Å²) in [5.74, 6) is 0.862. The van der Waals surface area contributed by atoms with Gasteiger partial charge in [-0.3, -0.25) is 10.1 Å². The van der Waals surface area contributed by atoms with E-state index in [1.807, 2.05) is 11.4 Å². The second kappa shape index (κ2) is 7.58. The lowest BCUT2D eigenvalue weighted by Crippen LogP contribution is -2.40. The molecule has 1 aromatic carbocycles. The van der Waals surface area contributed by atoms with Crippen molar-refractivity contribution in [3.8, 4) is 11.1 Å². The van der Waals surface area contributed by atoms with Gasteiger partial charge < -0.3 is 10.0 Å². The van der Waals surface area contributed by atoms with Crippen molar-refractivity contribution in [1.29, 1.82) is 0 Å². The molecule has 0 aliphatic carbocycles. The number of benzene rings is 1. The SMILES string of the molecule is O=[N+]([O-])c1cccc(-c2csc3ncnc(N4CCCCC4CCO)c23)c1. The fourth-order valence-electron chi connectivity index (χ4n) is 3.81. The molecule has 7 nitrogen and oxygen atoms in total. The van der Waals surface area contributed by atoms with Crippen LogP contribution < -0.4 is 4.90 Å². The minimum Gasteiger partial charge on any atom is -0.396 e. The second-order valence-electron chi connectivity index (χ2n) is 6.69. The number of anilines is 1. The topological polar surface area (TPSA) is 92.4 Å². The lowest BCUT2D eigenvalue weighted by atomic mass is 9.98. The molecule has 0 saturated carbocycles. The van der Waals surface area contributed by atoms with Crippen LogP contribution in [0.4, 0.5) is 11.5 Å². The summed E-state index contributed by atoms with van der Waals surface area (Å²) in [5, 5.41) is 23.5. The van der Waals surface area contributed by atoms with Crippen LogP contribution in [-0.2, 0) is 0 Å². The predicted octanol–water partition coefficient (Wildman–Crippen LogP) is 4.01. The molecule has 1 unspecified atom stereocenters. The van der Waals surface area contributed by atoms with Crippen molar-refractivity contribution in [2.45, 2.75) is 31.7 Å². The number of aromatic nitrogens is 2. The Morgan fingerprint density at radius 2 is 2.22 bits per heavy atom. The summed E-state index contributed by atoms with van der Waals surface area (Å²) < 4.78 is 0. The Bertz CT molecular complexity index is 972. The molecule has 140 valence electrons. The molecule has 0 amide bonds. The van der Waals surface area contributed by atoms with Gasteiger partial charge in [0, 0.05) is 42.3 Å². The summed E-state index contributed by atoms with van der Waals surface area (Å²) in [5.41, 5.74) is 1.78. The third-order valence-electron chi connectivity index (χ3n) is 5.08. The number of rotatable bonds is 5. The molecule has 3 aromatic rings. The first-order chi connectivity index (χ1) is 13.2. The molecule has 1 aliphatic heterocycles. The van der Waals surface area contributed by atoms with Crippen molar-refractivity contribution < 1.29 is 10.0 Å². The molecule has 4 rings (SSSR count). The largest absolute Gasteiger partial charge is 0.396 e.